The van der Waals surface area contributed by atoms with Crippen molar-refractivity contribution in [1.29, 1.82) is 0 Å². The van der Waals surface area contributed by atoms with Crippen LogP contribution in [0.1, 0.15) is 36.5 Å². The van der Waals surface area contributed by atoms with Crippen molar-refractivity contribution in [2.24, 2.45) is 34.5 Å². The molecule has 5 aliphatic carbocycles. The number of esters is 2. The van der Waals surface area contributed by atoms with Crippen LogP contribution in [0.15, 0.2) is 30.3 Å². The maximum absolute atomic E-state index is 13.7. The van der Waals surface area contributed by atoms with Crippen LogP contribution in [0.2, 0.25) is 0 Å². The molecule has 0 aromatic heterocycles. The van der Waals surface area contributed by atoms with E-state index >= 15 is 0 Å². The number of fused-ring (bicyclic) bond motifs is 2. The molecule has 44 heavy (non-hydrogen) atoms. The van der Waals surface area contributed by atoms with Gasteiger partial charge in [-0.05, 0) is 44.4 Å². The van der Waals surface area contributed by atoms with E-state index in [1.165, 1.54) is 14.0 Å². The molecule has 7 bridgehead atoms. The summed E-state index contributed by atoms with van der Waals surface area (Å²) in [6.07, 6.45) is -2.66. The Balaban J connectivity index is 1.51. The number of rotatable bonds is 8. The van der Waals surface area contributed by atoms with Gasteiger partial charge in [0.05, 0.1) is 24.4 Å². The average Bonchev–Trinajstić information content (AvgIpc) is 3.39. The van der Waals surface area contributed by atoms with Crippen LogP contribution >= 0.6 is 0 Å². The van der Waals surface area contributed by atoms with Gasteiger partial charge in [-0.1, -0.05) is 18.2 Å². The van der Waals surface area contributed by atoms with Crippen LogP contribution in [-0.4, -0.2) is 123 Å². The Bertz CT molecular complexity index is 1310. The lowest BCUT2D eigenvalue weighted by Gasteiger charge is -2.69. The molecule has 11 heteroatoms. The van der Waals surface area contributed by atoms with Crippen LogP contribution in [0.4, 0.5) is 0 Å². The second-order valence-corrected chi connectivity index (χ2v) is 14.2. The molecule has 1 unspecified atom stereocenters. The van der Waals surface area contributed by atoms with Crippen molar-refractivity contribution < 1.29 is 48.2 Å². The molecule has 6 fully saturated rings. The summed E-state index contributed by atoms with van der Waals surface area (Å²) in [4.78, 5) is 29.2. The molecular weight excluding hydrogens is 570 g/mol. The van der Waals surface area contributed by atoms with Crippen LogP contribution in [0.5, 0.6) is 0 Å². The fourth-order valence-electron chi connectivity index (χ4n) is 12.3. The van der Waals surface area contributed by atoms with Crippen molar-refractivity contribution in [2.75, 3.05) is 48.6 Å². The predicted molar refractivity (Wildman–Crippen MR) is 154 cm³/mol. The number of aliphatic hydroxyl groups is 2. The van der Waals surface area contributed by atoms with Gasteiger partial charge in [0.2, 0.25) is 0 Å². The van der Waals surface area contributed by atoms with Crippen LogP contribution in [0.25, 0.3) is 0 Å². The number of hydrogen-bond donors (Lipinski definition) is 2. The number of aliphatic hydroxyl groups excluding tert-OH is 1. The minimum atomic E-state index is -1.76. The normalized spacial score (nSPS) is 49.9. The Hall–Kier alpha value is -2.12. The van der Waals surface area contributed by atoms with Crippen molar-refractivity contribution in [3.63, 3.8) is 0 Å². The maximum Gasteiger partial charge on any atom is 0.338 e. The number of hydrogen-bond acceptors (Lipinski definition) is 11. The smallest absolute Gasteiger partial charge is 0.338 e. The minimum Gasteiger partial charge on any atom is -0.455 e. The van der Waals surface area contributed by atoms with E-state index in [4.69, 9.17) is 28.4 Å². The highest BCUT2D eigenvalue weighted by atomic mass is 16.6. The molecule has 1 aromatic carbocycles. The third-order valence-electron chi connectivity index (χ3n) is 12.8. The third kappa shape index (κ3) is 3.41. The molecule has 1 aromatic rings. The Labute approximate surface area is 258 Å². The molecule has 11 nitrogen and oxygen atoms in total. The Kier molecular flexibility index (Phi) is 7.07. The third-order valence-corrected chi connectivity index (χ3v) is 12.8. The second kappa shape index (κ2) is 10.2. The summed E-state index contributed by atoms with van der Waals surface area (Å²) >= 11 is 0. The highest BCUT2D eigenvalue weighted by Gasteiger charge is 2.91. The molecular formula is C33H45NO10. The Morgan fingerprint density at radius 3 is 2.36 bits per heavy atom. The first-order valence-corrected chi connectivity index (χ1v) is 15.7. The van der Waals surface area contributed by atoms with Gasteiger partial charge < -0.3 is 43.5 Å². The van der Waals surface area contributed by atoms with E-state index in [0.717, 1.165) is 19.4 Å². The van der Waals surface area contributed by atoms with E-state index < -0.39 is 64.8 Å². The summed E-state index contributed by atoms with van der Waals surface area (Å²) in [5.41, 5.74) is -3.93. The first kappa shape index (κ1) is 30.5. The molecule has 5 saturated carbocycles. The molecule has 0 radical (unpaired) electrons. The van der Waals surface area contributed by atoms with Gasteiger partial charge in [0, 0.05) is 76.5 Å². The van der Waals surface area contributed by atoms with Gasteiger partial charge in [-0.15, -0.1) is 0 Å². The fraction of sp³-hybridized carbons (Fsp3) is 0.758. The molecule has 0 amide bonds. The SMILES string of the molecule is COC[C@@]12CC[C@H](OC)[C@@]34C([C@@H]([C@H](OC)[C@H]13)[C@]1(OC(C)=O)[C@H]3[C@@H](OC(=O)c5ccccc5)[C@](O)(C[C@H]34)[C@@H](OC)[C@@H]1O)N(C)C2. The Morgan fingerprint density at radius 1 is 1.02 bits per heavy atom. The number of methoxy groups -OCH3 is 4. The lowest BCUT2D eigenvalue weighted by Crippen LogP contribution is -2.80. The topological polar surface area (TPSA) is 133 Å². The first-order valence-electron chi connectivity index (χ1n) is 15.7. The average molecular weight is 616 g/mol. The van der Waals surface area contributed by atoms with E-state index in [0.29, 0.717) is 12.2 Å². The molecule has 1 heterocycles. The summed E-state index contributed by atoms with van der Waals surface area (Å²) < 4.78 is 37.5. The molecule has 1 saturated heterocycles. The number of nitrogens with zero attached hydrogens (tertiary/aromatic N) is 1. The molecule has 7 rings (SSSR count). The first-order chi connectivity index (χ1) is 21.0. The molecule has 14 atom stereocenters. The van der Waals surface area contributed by atoms with E-state index in [1.807, 2.05) is 6.07 Å². The maximum atomic E-state index is 13.7. The van der Waals surface area contributed by atoms with Gasteiger partial charge in [-0.3, -0.25) is 4.79 Å². The predicted octanol–water partition coefficient (Wildman–Crippen LogP) is 1.29. The summed E-state index contributed by atoms with van der Waals surface area (Å²) in [7, 11) is 8.63. The van der Waals surface area contributed by atoms with Gasteiger partial charge in [-0.25, -0.2) is 4.79 Å². The van der Waals surface area contributed by atoms with Crippen molar-refractivity contribution in [3.05, 3.63) is 35.9 Å². The quantitative estimate of drug-likeness (QED) is 0.410. The number of likely N-dealkylation sites (tertiary alicyclic amines) is 1. The summed E-state index contributed by atoms with van der Waals surface area (Å²) in [6, 6.07) is 8.39. The summed E-state index contributed by atoms with van der Waals surface area (Å²) in [5.74, 6) is -2.96. The number of piperidine rings is 1. The van der Waals surface area contributed by atoms with E-state index in [1.54, 1.807) is 45.6 Å². The van der Waals surface area contributed by atoms with Gasteiger partial charge in [-0.2, -0.15) is 0 Å². The van der Waals surface area contributed by atoms with Gasteiger partial charge in [0.25, 0.3) is 0 Å². The molecule has 1 aliphatic heterocycles. The monoisotopic (exact) mass is 615 g/mol. The fourth-order valence-corrected chi connectivity index (χ4v) is 12.3. The largest absolute Gasteiger partial charge is 0.455 e. The number of benzene rings is 1. The lowest BCUT2D eigenvalue weighted by molar-refractivity contribution is -0.316. The summed E-state index contributed by atoms with van der Waals surface area (Å²) in [6.45, 7) is 2.56. The minimum absolute atomic E-state index is 0.103. The standard InChI is InChI=1S/C33H45NO10/c1-17(35)44-33-21-19(14-31(38,28(42-6)26(33)36)27(21)43-29(37)18-10-8-7-9-11-18)32-20(40-4)12-13-30(16-39-3)15-34(2)25(32)22(33)23(41-5)24(30)32/h7-11,19-28,36,38H,12-16H2,1-6H3/t19-,20+,21-,22-,23+,24-,25?,26+,27-,28+,30+,31-,32-,33-/m1/s1. The van der Waals surface area contributed by atoms with E-state index in [-0.39, 0.29) is 35.8 Å². The summed E-state index contributed by atoms with van der Waals surface area (Å²) in [5, 5.41) is 25.1. The molecule has 1 spiro atoms. The van der Waals surface area contributed by atoms with E-state index in [9.17, 15) is 19.8 Å². The number of carbonyl (C=O) groups excluding carboxylic acids is 2. The van der Waals surface area contributed by atoms with Crippen molar-refractivity contribution in [2.45, 2.75) is 73.9 Å². The van der Waals surface area contributed by atoms with Crippen LogP contribution in [0.3, 0.4) is 0 Å². The molecule has 242 valence electrons. The van der Waals surface area contributed by atoms with Gasteiger partial charge in [0.15, 0.2) is 5.60 Å². The highest BCUT2D eigenvalue weighted by Crippen LogP contribution is 2.80. The van der Waals surface area contributed by atoms with Gasteiger partial charge >= 0.3 is 11.9 Å². The van der Waals surface area contributed by atoms with Crippen LogP contribution in [-0.2, 0) is 33.2 Å². The van der Waals surface area contributed by atoms with Gasteiger partial charge in [0.1, 0.15) is 23.9 Å². The van der Waals surface area contributed by atoms with Crippen molar-refractivity contribution in [3.8, 4) is 0 Å². The lowest BCUT2D eigenvalue weighted by atomic mass is 9.43. The highest BCUT2D eigenvalue weighted by molar-refractivity contribution is 5.89. The van der Waals surface area contributed by atoms with E-state index in [2.05, 4.69) is 11.9 Å². The zero-order valence-corrected chi connectivity index (χ0v) is 26.3. The Morgan fingerprint density at radius 2 is 1.75 bits per heavy atom. The number of carbonyl (C=O) groups is 2. The molecule has 2 N–H and O–H groups in total. The zero-order valence-electron chi connectivity index (χ0n) is 26.3. The van der Waals surface area contributed by atoms with Crippen LogP contribution in [0, 0.1) is 34.5 Å². The van der Waals surface area contributed by atoms with Crippen molar-refractivity contribution >= 4 is 11.9 Å². The molecule has 6 aliphatic rings. The number of ether oxygens (including phenoxy) is 6. The second-order valence-electron chi connectivity index (χ2n) is 14.2. The zero-order chi connectivity index (χ0) is 31.4. The van der Waals surface area contributed by atoms with Crippen LogP contribution < -0.4 is 0 Å². The van der Waals surface area contributed by atoms with Crippen molar-refractivity contribution in [1.82, 2.24) is 4.90 Å².